The lowest BCUT2D eigenvalue weighted by atomic mass is 10.1. The highest BCUT2D eigenvalue weighted by molar-refractivity contribution is 6.31. The highest BCUT2D eigenvalue weighted by Crippen LogP contribution is 2.22. The van der Waals surface area contributed by atoms with Crippen LogP contribution >= 0.6 is 11.6 Å². The molecule has 1 fully saturated rings. The number of piperazine rings is 1. The van der Waals surface area contributed by atoms with E-state index in [9.17, 15) is 0 Å². The highest BCUT2D eigenvalue weighted by atomic mass is 35.5. The Bertz CT molecular complexity index is 946. The van der Waals surface area contributed by atoms with Crippen LogP contribution in [0, 0.1) is 0 Å². The lowest BCUT2D eigenvalue weighted by Gasteiger charge is -2.36. The molecule has 28 heavy (non-hydrogen) atoms. The third kappa shape index (κ3) is 4.04. The van der Waals surface area contributed by atoms with E-state index in [1.165, 1.54) is 10.9 Å². The molecule has 1 saturated heterocycles. The highest BCUT2D eigenvalue weighted by Gasteiger charge is 2.21. The van der Waals surface area contributed by atoms with Crippen LogP contribution in [-0.4, -0.2) is 65.6 Å². The summed E-state index contributed by atoms with van der Waals surface area (Å²) in [6.45, 7) is 4.35. The summed E-state index contributed by atoms with van der Waals surface area (Å²) in [6, 6.07) is 7.78. The fraction of sp³-hybridized carbons (Fsp3) is 0.350. The van der Waals surface area contributed by atoms with Gasteiger partial charge in [0.15, 0.2) is 5.96 Å². The van der Waals surface area contributed by atoms with E-state index in [1.807, 2.05) is 31.3 Å². The summed E-state index contributed by atoms with van der Waals surface area (Å²) in [5.74, 6) is 1.73. The number of rotatable bonds is 4. The van der Waals surface area contributed by atoms with Crippen LogP contribution in [0.25, 0.3) is 10.9 Å². The molecule has 0 radical (unpaired) electrons. The van der Waals surface area contributed by atoms with Crippen LogP contribution in [0.15, 0.2) is 47.8 Å². The molecule has 4 rings (SSSR count). The molecule has 0 saturated carbocycles. The van der Waals surface area contributed by atoms with E-state index in [1.54, 1.807) is 12.4 Å². The maximum absolute atomic E-state index is 6.14. The molecule has 1 aliphatic rings. The summed E-state index contributed by atoms with van der Waals surface area (Å²) >= 11 is 6.14. The number of nitrogens with zero attached hydrogens (tertiary/aromatic N) is 5. The third-order valence-corrected chi connectivity index (χ3v) is 5.27. The van der Waals surface area contributed by atoms with Crippen LogP contribution < -0.4 is 10.2 Å². The van der Waals surface area contributed by atoms with E-state index in [0.29, 0.717) is 0 Å². The van der Waals surface area contributed by atoms with Crippen molar-refractivity contribution in [3.8, 4) is 0 Å². The number of aromatic nitrogens is 3. The Hall–Kier alpha value is -2.80. The molecule has 7 nitrogen and oxygen atoms in total. The molecule has 0 bridgehead atoms. The van der Waals surface area contributed by atoms with E-state index in [0.717, 1.165) is 61.6 Å². The zero-order valence-electron chi connectivity index (χ0n) is 15.9. The Balaban J connectivity index is 1.31. The summed E-state index contributed by atoms with van der Waals surface area (Å²) in [5.41, 5.74) is 2.37. The Kier molecular flexibility index (Phi) is 5.62. The van der Waals surface area contributed by atoms with Gasteiger partial charge in [-0.05, 0) is 36.2 Å². The van der Waals surface area contributed by atoms with Gasteiger partial charge in [-0.1, -0.05) is 11.6 Å². The molecule has 2 aromatic heterocycles. The molecular weight excluding hydrogens is 374 g/mol. The monoisotopic (exact) mass is 397 g/mol. The van der Waals surface area contributed by atoms with E-state index in [-0.39, 0.29) is 0 Å². The molecule has 146 valence electrons. The van der Waals surface area contributed by atoms with Gasteiger partial charge in [-0.25, -0.2) is 9.97 Å². The standard InChI is InChI=1S/C20H24ClN7/c1-22-19(27-9-11-28(12-10-27)20-23-6-2-7-24-20)25-8-5-15-14-26-18-4-3-16(21)13-17(15)18/h2-4,6-7,13-14,26H,5,8-12H2,1H3,(H,22,25). The number of aromatic amines is 1. The molecule has 0 unspecified atom stereocenters. The predicted molar refractivity (Wildman–Crippen MR) is 114 cm³/mol. The average Bonchev–Trinajstić information content (AvgIpc) is 3.14. The molecule has 0 aliphatic carbocycles. The maximum Gasteiger partial charge on any atom is 0.225 e. The zero-order valence-corrected chi connectivity index (χ0v) is 16.7. The van der Waals surface area contributed by atoms with Crippen molar-refractivity contribution in [2.24, 2.45) is 4.99 Å². The lowest BCUT2D eigenvalue weighted by Crippen LogP contribution is -2.53. The van der Waals surface area contributed by atoms with Crippen LogP contribution in [0.4, 0.5) is 5.95 Å². The van der Waals surface area contributed by atoms with Gasteiger partial charge in [-0.3, -0.25) is 4.99 Å². The van der Waals surface area contributed by atoms with Gasteiger partial charge in [0.1, 0.15) is 0 Å². The molecule has 2 N–H and O–H groups in total. The minimum atomic E-state index is 0.761. The van der Waals surface area contributed by atoms with Crippen LogP contribution in [0.2, 0.25) is 5.02 Å². The number of hydrogen-bond acceptors (Lipinski definition) is 4. The van der Waals surface area contributed by atoms with E-state index in [2.05, 4.69) is 41.3 Å². The molecule has 3 aromatic rings. The molecule has 0 atom stereocenters. The fourth-order valence-corrected chi connectivity index (χ4v) is 3.74. The van der Waals surface area contributed by atoms with Crippen LogP contribution in [0.1, 0.15) is 5.56 Å². The molecule has 1 aliphatic heterocycles. The van der Waals surface area contributed by atoms with Gasteiger partial charge in [-0.15, -0.1) is 0 Å². The van der Waals surface area contributed by atoms with Gasteiger partial charge in [0.2, 0.25) is 5.95 Å². The molecule has 0 amide bonds. The van der Waals surface area contributed by atoms with Crippen molar-refractivity contribution in [1.82, 2.24) is 25.2 Å². The van der Waals surface area contributed by atoms with E-state index in [4.69, 9.17) is 11.6 Å². The third-order valence-electron chi connectivity index (χ3n) is 5.03. The van der Waals surface area contributed by atoms with Crippen molar-refractivity contribution < 1.29 is 0 Å². The number of anilines is 1. The minimum absolute atomic E-state index is 0.761. The number of halogens is 1. The second-order valence-electron chi connectivity index (χ2n) is 6.75. The lowest BCUT2D eigenvalue weighted by molar-refractivity contribution is 0.370. The number of fused-ring (bicyclic) bond motifs is 1. The van der Waals surface area contributed by atoms with Crippen molar-refractivity contribution in [3.63, 3.8) is 0 Å². The zero-order chi connectivity index (χ0) is 19.3. The second kappa shape index (κ2) is 8.48. The van der Waals surface area contributed by atoms with Crippen LogP contribution in [0.5, 0.6) is 0 Å². The number of aliphatic imine (C=N–C) groups is 1. The van der Waals surface area contributed by atoms with Crippen LogP contribution in [-0.2, 0) is 6.42 Å². The fourth-order valence-electron chi connectivity index (χ4n) is 3.57. The Labute approximate surface area is 169 Å². The normalized spacial score (nSPS) is 15.3. The summed E-state index contributed by atoms with van der Waals surface area (Å²) in [7, 11) is 1.83. The van der Waals surface area contributed by atoms with Crippen molar-refractivity contribution in [1.29, 1.82) is 0 Å². The smallest absolute Gasteiger partial charge is 0.225 e. The number of H-pyrrole nitrogens is 1. The Morgan fingerprint density at radius 2 is 2.00 bits per heavy atom. The second-order valence-corrected chi connectivity index (χ2v) is 7.19. The summed E-state index contributed by atoms with van der Waals surface area (Å²) < 4.78 is 0. The average molecular weight is 398 g/mol. The summed E-state index contributed by atoms with van der Waals surface area (Å²) in [6.07, 6.45) is 6.53. The number of guanidine groups is 1. The van der Waals surface area contributed by atoms with Crippen molar-refractivity contribution in [3.05, 3.63) is 53.4 Å². The Morgan fingerprint density at radius 3 is 2.75 bits per heavy atom. The van der Waals surface area contributed by atoms with E-state index >= 15 is 0 Å². The number of benzene rings is 1. The first-order chi connectivity index (χ1) is 13.7. The first-order valence-electron chi connectivity index (χ1n) is 9.47. The first kappa shape index (κ1) is 18.6. The number of nitrogens with one attached hydrogen (secondary N) is 2. The summed E-state index contributed by atoms with van der Waals surface area (Å²) in [5, 5.41) is 5.43. The van der Waals surface area contributed by atoms with Gasteiger partial charge >= 0.3 is 0 Å². The number of hydrogen-bond donors (Lipinski definition) is 2. The van der Waals surface area contributed by atoms with Crippen molar-refractivity contribution in [2.75, 3.05) is 44.7 Å². The largest absolute Gasteiger partial charge is 0.361 e. The van der Waals surface area contributed by atoms with Gasteiger partial charge in [0, 0.05) is 74.3 Å². The first-order valence-corrected chi connectivity index (χ1v) is 9.85. The quantitative estimate of drug-likeness (QED) is 0.523. The molecular formula is C20H24ClN7. The topological polar surface area (TPSA) is 72.4 Å². The van der Waals surface area contributed by atoms with Crippen molar-refractivity contribution in [2.45, 2.75) is 6.42 Å². The van der Waals surface area contributed by atoms with Gasteiger partial charge in [0.05, 0.1) is 0 Å². The molecule has 3 heterocycles. The van der Waals surface area contributed by atoms with Gasteiger partial charge in [-0.2, -0.15) is 0 Å². The van der Waals surface area contributed by atoms with Gasteiger partial charge < -0.3 is 20.1 Å². The minimum Gasteiger partial charge on any atom is -0.361 e. The summed E-state index contributed by atoms with van der Waals surface area (Å²) in [4.78, 5) is 20.9. The van der Waals surface area contributed by atoms with Crippen LogP contribution in [0.3, 0.4) is 0 Å². The Morgan fingerprint density at radius 1 is 1.21 bits per heavy atom. The molecule has 1 aromatic carbocycles. The molecule has 8 heteroatoms. The maximum atomic E-state index is 6.14. The van der Waals surface area contributed by atoms with E-state index < -0.39 is 0 Å². The van der Waals surface area contributed by atoms with Crippen molar-refractivity contribution >= 4 is 34.4 Å². The SMILES string of the molecule is CN=C(NCCc1c[nH]c2ccc(Cl)cc12)N1CCN(c2ncccn2)CC1. The molecule has 0 spiro atoms. The predicted octanol–water partition coefficient (Wildman–Crippen LogP) is 2.55. The van der Waals surface area contributed by atoms with Gasteiger partial charge in [0.25, 0.3) is 0 Å².